The van der Waals surface area contributed by atoms with Crippen molar-refractivity contribution < 1.29 is 27.5 Å². The van der Waals surface area contributed by atoms with Crippen molar-refractivity contribution in [2.45, 2.75) is 24.0 Å². The Bertz CT molecular complexity index is 1280. The van der Waals surface area contributed by atoms with Crippen LogP contribution in [0.5, 0.6) is 0 Å². The molecule has 3 heterocycles. The third-order valence-electron chi connectivity index (χ3n) is 5.38. The highest BCUT2D eigenvalue weighted by Crippen LogP contribution is 2.19. The largest absolute Gasteiger partial charge is 0.441 e. The number of ether oxygens (including phenoxy) is 2. The molecule has 0 unspecified atom stereocenters. The minimum atomic E-state index is -3.70. The van der Waals surface area contributed by atoms with Crippen LogP contribution in [0.15, 0.2) is 51.5 Å². The molecular formula is C22H22ClN3O7S. The number of benzene rings is 1. The average molecular weight is 508 g/mol. The fraction of sp³-hybridized carbons (Fsp3) is 0.318. The number of H-pyrrole nitrogens is 1. The molecule has 0 saturated carbocycles. The van der Waals surface area contributed by atoms with Gasteiger partial charge < -0.3 is 24.7 Å². The molecule has 0 atom stereocenters. The van der Waals surface area contributed by atoms with Gasteiger partial charge in [0.25, 0.3) is 11.5 Å². The van der Waals surface area contributed by atoms with E-state index in [4.69, 9.17) is 21.1 Å². The number of aromatic amines is 1. The molecule has 12 heteroatoms. The number of halogens is 1. The van der Waals surface area contributed by atoms with Crippen LogP contribution in [-0.4, -0.2) is 62.7 Å². The number of nitrogens with one attached hydrogen (secondary N) is 2. The lowest BCUT2D eigenvalue weighted by Gasteiger charge is -2.32. The van der Waals surface area contributed by atoms with E-state index in [-0.39, 0.29) is 29.7 Å². The average Bonchev–Trinajstić information content (AvgIpc) is 2.78. The summed E-state index contributed by atoms with van der Waals surface area (Å²) in [5.41, 5.74) is 0.608. The summed E-state index contributed by atoms with van der Waals surface area (Å²) >= 11 is 5.77. The number of carbonyl (C=O) groups excluding carboxylic acids is 2. The van der Waals surface area contributed by atoms with E-state index in [1.54, 1.807) is 0 Å². The van der Waals surface area contributed by atoms with Gasteiger partial charge in [-0.15, -0.1) is 0 Å². The second-order valence-electron chi connectivity index (χ2n) is 7.81. The van der Waals surface area contributed by atoms with Crippen LogP contribution in [0.2, 0.25) is 5.02 Å². The van der Waals surface area contributed by atoms with E-state index in [1.807, 2.05) is 0 Å². The Morgan fingerprint density at radius 1 is 1.26 bits per heavy atom. The van der Waals surface area contributed by atoms with E-state index in [1.165, 1.54) is 41.3 Å². The lowest BCUT2D eigenvalue weighted by Crippen LogP contribution is -2.44. The lowest BCUT2D eigenvalue weighted by atomic mass is 10.0. The molecule has 1 fully saturated rings. The van der Waals surface area contributed by atoms with Crippen LogP contribution in [-0.2, 0) is 32.3 Å². The Morgan fingerprint density at radius 3 is 2.68 bits per heavy atom. The molecule has 2 aliphatic rings. The maximum atomic E-state index is 12.5. The van der Waals surface area contributed by atoms with Crippen molar-refractivity contribution in [2.24, 2.45) is 0 Å². The van der Waals surface area contributed by atoms with E-state index >= 15 is 0 Å². The summed E-state index contributed by atoms with van der Waals surface area (Å²) in [7, 11) is -3.70. The highest BCUT2D eigenvalue weighted by atomic mass is 35.5. The molecule has 2 amide bonds. The third-order valence-corrected chi connectivity index (χ3v) is 7.12. The normalized spacial score (nSPS) is 16.1. The maximum Gasteiger partial charge on any atom is 0.410 e. The van der Waals surface area contributed by atoms with Gasteiger partial charge in [-0.05, 0) is 35.9 Å². The molecular weight excluding hydrogens is 486 g/mol. The van der Waals surface area contributed by atoms with Gasteiger partial charge >= 0.3 is 6.09 Å². The number of pyridine rings is 1. The minimum Gasteiger partial charge on any atom is -0.441 e. The number of hydrogen-bond donors (Lipinski definition) is 2. The molecule has 0 radical (unpaired) electrons. The Morgan fingerprint density at radius 2 is 2.00 bits per heavy atom. The molecule has 0 spiro atoms. The molecule has 34 heavy (non-hydrogen) atoms. The third kappa shape index (κ3) is 5.49. The molecule has 1 saturated heterocycles. The van der Waals surface area contributed by atoms with Crippen molar-refractivity contribution in [3.05, 3.63) is 74.0 Å². The van der Waals surface area contributed by atoms with E-state index in [0.29, 0.717) is 42.5 Å². The molecule has 1 aromatic carbocycles. The van der Waals surface area contributed by atoms with Crippen molar-refractivity contribution in [1.29, 1.82) is 0 Å². The first kappa shape index (κ1) is 24.0. The Labute approximate surface area is 200 Å². The molecule has 1 aromatic heterocycles. The monoisotopic (exact) mass is 507 g/mol. The SMILES string of the molecule is O=C(NC/C=C/S(=O)(=O)c1ccc(Cl)cc1)c1cc2c([nH]c1=O)CCN(C(=O)OC1COC1)C2. The zero-order chi connectivity index (χ0) is 24.3. The molecule has 2 aromatic rings. The molecule has 10 nitrogen and oxygen atoms in total. The Balaban J connectivity index is 1.38. The Hall–Kier alpha value is -3.15. The predicted octanol–water partition coefficient (Wildman–Crippen LogP) is 1.64. The summed E-state index contributed by atoms with van der Waals surface area (Å²) in [5.74, 6) is -0.663. The van der Waals surface area contributed by atoms with Crippen molar-refractivity contribution in [3.63, 3.8) is 0 Å². The minimum absolute atomic E-state index is 0.0681. The summed E-state index contributed by atoms with van der Waals surface area (Å²) < 4.78 is 34.9. The van der Waals surface area contributed by atoms with Gasteiger partial charge in [0.05, 0.1) is 24.7 Å². The van der Waals surface area contributed by atoms with Gasteiger partial charge in [0, 0.05) is 35.6 Å². The number of carbonyl (C=O) groups is 2. The summed E-state index contributed by atoms with van der Waals surface area (Å²) in [6.45, 7) is 1.22. The summed E-state index contributed by atoms with van der Waals surface area (Å²) in [6, 6.07) is 7.15. The highest BCUT2D eigenvalue weighted by Gasteiger charge is 2.29. The molecule has 2 aliphatic heterocycles. The van der Waals surface area contributed by atoms with Gasteiger partial charge in [-0.25, -0.2) is 13.2 Å². The summed E-state index contributed by atoms with van der Waals surface area (Å²) in [5, 5.41) is 3.90. The van der Waals surface area contributed by atoms with Gasteiger partial charge in [0.1, 0.15) is 5.56 Å². The maximum absolute atomic E-state index is 12.5. The lowest BCUT2D eigenvalue weighted by molar-refractivity contribution is -0.105. The second kappa shape index (κ2) is 10.00. The summed E-state index contributed by atoms with van der Waals surface area (Å²) in [4.78, 5) is 41.5. The zero-order valence-corrected chi connectivity index (χ0v) is 19.5. The first-order valence-electron chi connectivity index (χ1n) is 10.5. The first-order valence-corrected chi connectivity index (χ1v) is 12.4. The number of fused-ring (bicyclic) bond motifs is 1. The summed E-state index contributed by atoms with van der Waals surface area (Å²) in [6.07, 6.45) is 0.982. The molecule has 2 N–H and O–H groups in total. The standard InChI is InChI=1S/C22H22ClN3O7S/c23-15-2-4-17(5-3-15)34(30,31)9-1-7-24-20(27)18-10-14-11-26(8-6-19(14)25-21(18)28)22(29)33-16-12-32-13-16/h1-5,9-10,16H,6-8,11-13H2,(H,24,27)(H,25,28)/b9-1+. The fourth-order valence-electron chi connectivity index (χ4n) is 3.46. The van der Waals surface area contributed by atoms with Crippen molar-refractivity contribution >= 4 is 33.4 Å². The first-order chi connectivity index (χ1) is 16.2. The topological polar surface area (TPSA) is 135 Å². The number of hydrogen-bond acceptors (Lipinski definition) is 7. The van der Waals surface area contributed by atoms with Crippen LogP contribution in [0.25, 0.3) is 0 Å². The van der Waals surface area contributed by atoms with Crippen LogP contribution in [0.4, 0.5) is 4.79 Å². The van der Waals surface area contributed by atoms with Gasteiger partial charge in [-0.2, -0.15) is 0 Å². The van der Waals surface area contributed by atoms with E-state index < -0.39 is 27.4 Å². The highest BCUT2D eigenvalue weighted by molar-refractivity contribution is 7.94. The van der Waals surface area contributed by atoms with Gasteiger partial charge in [0.15, 0.2) is 15.9 Å². The second-order valence-corrected chi connectivity index (χ2v) is 10.1. The molecule has 4 rings (SSSR count). The van der Waals surface area contributed by atoms with Crippen molar-refractivity contribution in [3.8, 4) is 0 Å². The number of rotatable bonds is 6. The van der Waals surface area contributed by atoms with Crippen LogP contribution in [0.1, 0.15) is 21.6 Å². The van der Waals surface area contributed by atoms with E-state index in [9.17, 15) is 22.8 Å². The molecule has 180 valence electrons. The number of sulfone groups is 1. The van der Waals surface area contributed by atoms with E-state index in [0.717, 1.165) is 5.41 Å². The van der Waals surface area contributed by atoms with Crippen LogP contribution >= 0.6 is 11.6 Å². The fourth-order valence-corrected chi connectivity index (χ4v) is 4.60. The number of nitrogens with zero attached hydrogens (tertiary/aromatic N) is 1. The number of aromatic nitrogens is 1. The van der Waals surface area contributed by atoms with Gasteiger partial charge in [0.2, 0.25) is 0 Å². The van der Waals surface area contributed by atoms with E-state index in [2.05, 4.69) is 10.3 Å². The van der Waals surface area contributed by atoms with Crippen molar-refractivity contribution in [1.82, 2.24) is 15.2 Å². The van der Waals surface area contributed by atoms with Crippen LogP contribution in [0.3, 0.4) is 0 Å². The quantitative estimate of drug-likeness (QED) is 0.606. The van der Waals surface area contributed by atoms with Crippen LogP contribution < -0.4 is 10.9 Å². The Kier molecular flexibility index (Phi) is 7.05. The van der Waals surface area contributed by atoms with Gasteiger partial charge in [-0.1, -0.05) is 17.7 Å². The molecule has 0 bridgehead atoms. The zero-order valence-electron chi connectivity index (χ0n) is 18.0. The van der Waals surface area contributed by atoms with Crippen LogP contribution in [0, 0.1) is 0 Å². The number of amides is 2. The smallest absolute Gasteiger partial charge is 0.410 e. The predicted molar refractivity (Wildman–Crippen MR) is 122 cm³/mol. The molecule has 0 aliphatic carbocycles. The van der Waals surface area contributed by atoms with Crippen molar-refractivity contribution in [2.75, 3.05) is 26.3 Å². The van der Waals surface area contributed by atoms with Gasteiger partial charge in [-0.3, -0.25) is 9.59 Å².